The van der Waals surface area contributed by atoms with Gasteiger partial charge in [-0.3, -0.25) is 4.79 Å². The van der Waals surface area contributed by atoms with E-state index in [4.69, 9.17) is 0 Å². The van der Waals surface area contributed by atoms with Crippen LogP contribution in [-0.2, 0) is 0 Å². The lowest BCUT2D eigenvalue weighted by molar-refractivity contribution is 0.0817. The van der Waals surface area contributed by atoms with E-state index in [1.54, 1.807) is 25.1 Å². The molecule has 0 saturated heterocycles. The van der Waals surface area contributed by atoms with Gasteiger partial charge in [-0.1, -0.05) is 19.1 Å². The molecule has 1 saturated carbocycles. The van der Waals surface area contributed by atoms with Crippen molar-refractivity contribution in [3.63, 3.8) is 0 Å². The average Bonchev–Trinajstić information content (AvgIpc) is 2.27. The highest BCUT2D eigenvalue weighted by Gasteiger charge is 2.36. The smallest absolute Gasteiger partial charge is 0.255 e. The van der Waals surface area contributed by atoms with E-state index in [0.29, 0.717) is 5.56 Å². The maximum atomic E-state index is 12.1. The van der Waals surface area contributed by atoms with Crippen molar-refractivity contribution in [1.29, 1.82) is 0 Å². The van der Waals surface area contributed by atoms with Gasteiger partial charge < -0.3 is 10.4 Å². The number of hydrogen-bond acceptors (Lipinski definition) is 2. The Kier molecular flexibility index (Phi) is 3.09. The van der Waals surface area contributed by atoms with Gasteiger partial charge in [0.15, 0.2) is 0 Å². The van der Waals surface area contributed by atoms with Crippen molar-refractivity contribution in [2.45, 2.75) is 45.1 Å². The summed E-state index contributed by atoms with van der Waals surface area (Å²) in [5, 5.41) is 12.9. The maximum absolute atomic E-state index is 12.1. The summed E-state index contributed by atoms with van der Waals surface area (Å²) in [4.78, 5) is 12.1. The first-order valence-corrected chi connectivity index (χ1v) is 6.19. The zero-order valence-electron chi connectivity index (χ0n) is 10.4. The molecule has 2 N–H and O–H groups in total. The number of rotatable bonds is 3. The van der Waals surface area contributed by atoms with Crippen molar-refractivity contribution in [1.82, 2.24) is 5.32 Å². The van der Waals surface area contributed by atoms with Gasteiger partial charge in [0, 0.05) is 5.54 Å². The Bertz CT molecular complexity index is 430. The Morgan fingerprint density at radius 3 is 2.71 bits per heavy atom. The standard InChI is InChI=1S/C14H19NO2/c1-3-14(8-5-9-14)15-13(17)11-7-4-6-10(2)12(11)16/h4,6-7,16H,3,5,8-9H2,1-2H3,(H,15,17). The molecule has 0 atom stereocenters. The van der Waals surface area contributed by atoms with Gasteiger partial charge in [0.25, 0.3) is 5.91 Å². The highest BCUT2D eigenvalue weighted by molar-refractivity contribution is 5.97. The maximum Gasteiger partial charge on any atom is 0.255 e. The van der Waals surface area contributed by atoms with E-state index in [2.05, 4.69) is 12.2 Å². The van der Waals surface area contributed by atoms with Gasteiger partial charge in [-0.2, -0.15) is 0 Å². The second kappa shape index (κ2) is 4.40. The highest BCUT2D eigenvalue weighted by Crippen LogP contribution is 2.35. The molecule has 0 bridgehead atoms. The van der Waals surface area contributed by atoms with E-state index in [-0.39, 0.29) is 17.2 Å². The van der Waals surface area contributed by atoms with Crippen LogP contribution in [0.15, 0.2) is 18.2 Å². The molecule has 1 aromatic rings. The first kappa shape index (κ1) is 12.0. The number of amides is 1. The topological polar surface area (TPSA) is 49.3 Å². The number of hydrogen-bond donors (Lipinski definition) is 2. The van der Waals surface area contributed by atoms with Crippen molar-refractivity contribution < 1.29 is 9.90 Å². The number of aromatic hydroxyl groups is 1. The molecule has 1 aliphatic carbocycles. The Hall–Kier alpha value is -1.51. The van der Waals surface area contributed by atoms with Crippen LogP contribution in [0.4, 0.5) is 0 Å². The van der Waals surface area contributed by atoms with Crippen LogP contribution in [-0.4, -0.2) is 16.6 Å². The molecule has 0 aliphatic heterocycles. The number of para-hydroxylation sites is 1. The van der Waals surface area contributed by atoms with Crippen LogP contribution in [0.1, 0.15) is 48.5 Å². The average molecular weight is 233 g/mol. The molecule has 17 heavy (non-hydrogen) atoms. The quantitative estimate of drug-likeness (QED) is 0.843. The summed E-state index contributed by atoms with van der Waals surface area (Å²) in [5.41, 5.74) is 1.08. The molecular weight excluding hydrogens is 214 g/mol. The summed E-state index contributed by atoms with van der Waals surface area (Å²) < 4.78 is 0. The third kappa shape index (κ3) is 2.14. The van der Waals surface area contributed by atoms with Crippen molar-refractivity contribution in [3.8, 4) is 5.75 Å². The lowest BCUT2D eigenvalue weighted by Gasteiger charge is -2.42. The van der Waals surface area contributed by atoms with E-state index >= 15 is 0 Å². The first-order valence-electron chi connectivity index (χ1n) is 6.19. The fourth-order valence-electron chi connectivity index (χ4n) is 2.32. The molecule has 3 heteroatoms. The number of nitrogens with one attached hydrogen (secondary N) is 1. The van der Waals surface area contributed by atoms with Crippen molar-refractivity contribution in [2.75, 3.05) is 0 Å². The van der Waals surface area contributed by atoms with Crippen molar-refractivity contribution in [3.05, 3.63) is 29.3 Å². The molecule has 1 fully saturated rings. The number of carbonyl (C=O) groups is 1. The summed E-state index contributed by atoms with van der Waals surface area (Å²) in [6, 6.07) is 5.26. The Morgan fingerprint density at radius 1 is 1.47 bits per heavy atom. The van der Waals surface area contributed by atoms with Crippen LogP contribution < -0.4 is 5.32 Å². The van der Waals surface area contributed by atoms with Crippen LogP contribution >= 0.6 is 0 Å². The third-order valence-corrected chi connectivity index (χ3v) is 3.85. The van der Waals surface area contributed by atoms with Crippen LogP contribution in [0.2, 0.25) is 0 Å². The van der Waals surface area contributed by atoms with Crippen LogP contribution in [0.5, 0.6) is 5.75 Å². The first-order chi connectivity index (χ1) is 8.08. The third-order valence-electron chi connectivity index (χ3n) is 3.85. The normalized spacial score (nSPS) is 17.3. The molecule has 0 spiro atoms. The SMILES string of the molecule is CCC1(NC(=O)c2cccc(C)c2O)CCC1. The number of aryl methyl sites for hydroxylation is 1. The van der Waals surface area contributed by atoms with E-state index in [1.165, 1.54) is 6.42 Å². The summed E-state index contributed by atoms with van der Waals surface area (Å²) >= 11 is 0. The van der Waals surface area contributed by atoms with E-state index in [0.717, 1.165) is 24.8 Å². The van der Waals surface area contributed by atoms with E-state index < -0.39 is 0 Å². The zero-order valence-corrected chi connectivity index (χ0v) is 10.4. The van der Waals surface area contributed by atoms with Gasteiger partial charge in [-0.05, 0) is 44.2 Å². The molecule has 2 rings (SSSR count). The molecule has 0 heterocycles. The molecule has 1 aliphatic rings. The van der Waals surface area contributed by atoms with E-state index in [9.17, 15) is 9.90 Å². The number of benzene rings is 1. The molecule has 0 radical (unpaired) electrons. The van der Waals surface area contributed by atoms with Gasteiger partial charge in [-0.25, -0.2) is 0 Å². The lowest BCUT2D eigenvalue weighted by Crippen LogP contribution is -2.52. The predicted molar refractivity (Wildman–Crippen MR) is 67.2 cm³/mol. The summed E-state index contributed by atoms with van der Waals surface area (Å²) in [6.07, 6.45) is 4.21. The molecule has 1 aromatic carbocycles. The van der Waals surface area contributed by atoms with Crippen molar-refractivity contribution >= 4 is 5.91 Å². The summed E-state index contributed by atoms with van der Waals surface area (Å²) in [6.45, 7) is 3.89. The van der Waals surface area contributed by atoms with Gasteiger partial charge in [-0.15, -0.1) is 0 Å². The highest BCUT2D eigenvalue weighted by atomic mass is 16.3. The molecule has 92 valence electrons. The number of phenols is 1. The Labute approximate surface area is 102 Å². The fourth-order valence-corrected chi connectivity index (χ4v) is 2.32. The van der Waals surface area contributed by atoms with Gasteiger partial charge in [0.2, 0.25) is 0 Å². The second-order valence-electron chi connectivity index (χ2n) is 4.91. The summed E-state index contributed by atoms with van der Waals surface area (Å²) in [7, 11) is 0. The molecule has 3 nitrogen and oxygen atoms in total. The van der Waals surface area contributed by atoms with Gasteiger partial charge in [0.1, 0.15) is 5.75 Å². The molecule has 0 unspecified atom stereocenters. The molecule has 0 aromatic heterocycles. The van der Waals surface area contributed by atoms with Crippen LogP contribution in [0.3, 0.4) is 0 Å². The van der Waals surface area contributed by atoms with Gasteiger partial charge in [0.05, 0.1) is 5.56 Å². The Morgan fingerprint density at radius 2 is 2.18 bits per heavy atom. The fraction of sp³-hybridized carbons (Fsp3) is 0.500. The Balaban J connectivity index is 2.17. The molecule has 1 amide bonds. The minimum Gasteiger partial charge on any atom is -0.507 e. The summed E-state index contributed by atoms with van der Waals surface area (Å²) in [5.74, 6) is -0.0664. The minimum atomic E-state index is -0.159. The van der Waals surface area contributed by atoms with Crippen LogP contribution in [0.25, 0.3) is 0 Å². The lowest BCUT2D eigenvalue weighted by atomic mass is 9.74. The molecular formula is C14H19NO2. The van der Waals surface area contributed by atoms with Crippen molar-refractivity contribution in [2.24, 2.45) is 0 Å². The second-order valence-corrected chi connectivity index (χ2v) is 4.91. The van der Waals surface area contributed by atoms with Gasteiger partial charge >= 0.3 is 0 Å². The monoisotopic (exact) mass is 233 g/mol. The number of carbonyl (C=O) groups excluding carboxylic acids is 1. The minimum absolute atomic E-state index is 0.0345. The largest absolute Gasteiger partial charge is 0.507 e. The van der Waals surface area contributed by atoms with E-state index in [1.807, 2.05) is 0 Å². The number of phenolic OH excluding ortho intramolecular Hbond substituents is 1. The predicted octanol–water partition coefficient (Wildman–Crippen LogP) is 2.76. The zero-order chi connectivity index (χ0) is 12.5. The van der Waals surface area contributed by atoms with Crippen LogP contribution in [0, 0.1) is 6.92 Å².